The van der Waals surface area contributed by atoms with Crippen LogP contribution in [0.1, 0.15) is 35.7 Å². The summed E-state index contributed by atoms with van der Waals surface area (Å²) in [5.74, 6) is 5.50. The molecule has 1 amide bonds. The van der Waals surface area contributed by atoms with E-state index < -0.39 is 5.91 Å². The van der Waals surface area contributed by atoms with Crippen LogP contribution >= 0.6 is 0 Å². The van der Waals surface area contributed by atoms with Crippen molar-refractivity contribution >= 4 is 5.91 Å². The number of hydrazine groups is 1. The lowest BCUT2D eigenvalue weighted by molar-refractivity contribution is 0.0924. The normalized spacial score (nSPS) is 12.2. The quantitative estimate of drug-likeness (QED) is 0.457. The molecule has 0 bridgehead atoms. The fourth-order valence-corrected chi connectivity index (χ4v) is 1.83. The zero-order valence-corrected chi connectivity index (χ0v) is 11.6. The minimum atomic E-state index is -0.442. The predicted molar refractivity (Wildman–Crippen MR) is 70.8 cm³/mol. The van der Waals surface area contributed by atoms with Crippen LogP contribution in [0.15, 0.2) is 10.5 Å². The van der Waals surface area contributed by atoms with Gasteiger partial charge in [-0.2, -0.15) is 5.26 Å². The molecule has 0 aliphatic rings. The van der Waals surface area contributed by atoms with E-state index in [0.29, 0.717) is 18.8 Å². The standard InChI is InChI=1S/C13H20N4O2/c1-4-17(7-9(2)6-14)8-11-5-12(13(18)16-15)19-10(11)3/h5,9H,4,7-8,15H2,1-3H3,(H,16,18). The molecule has 0 aliphatic carbocycles. The second kappa shape index (κ2) is 6.92. The molecule has 6 nitrogen and oxygen atoms in total. The van der Waals surface area contributed by atoms with E-state index in [1.807, 2.05) is 26.2 Å². The topological polar surface area (TPSA) is 95.3 Å². The van der Waals surface area contributed by atoms with E-state index in [1.54, 1.807) is 6.07 Å². The Labute approximate surface area is 113 Å². The van der Waals surface area contributed by atoms with Gasteiger partial charge >= 0.3 is 5.91 Å². The summed E-state index contributed by atoms with van der Waals surface area (Å²) >= 11 is 0. The number of nitrogen functional groups attached to an aromatic ring is 1. The molecule has 1 heterocycles. The van der Waals surface area contributed by atoms with Gasteiger partial charge in [-0.05, 0) is 26.5 Å². The van der Waals surface area contributed by atoms with Crippen LogP contribution in [0.25, 0.3) is 0 Å². The molecule has 1 aromatic heterocycles. The van der Waals surface area contributed by atoms with Crippen molar-refractivity contribution in [2.45, 2.75) is 27.3 Å². The van der Waals surface area contributed by atoms with Gasteiger partial charge in [0.25, 0.3) is 0 Å². The fraction of sp³-hybridized carbons (Fsp3) is 0.538. The van der Waals surface area contributed by atoms with Gasteiger partial charge in [0.1, 0.15) is 5.76 Å². The van der Waals surface area contributed by atoms with E-state index in [1.165, 1.54) is 0 Å². The first-order valence-corrected chi connectivity index (χ1v) is 6.24. The molecule has 1 rings (SSSR count). The summed E-state index contributed by atoms with van der Waals surface area (Å²) in [6.45, 7) is 7.90. The second-order valence-electron chi connectivity index (χ2n) is 4.52. The van der Waals surface area contributed by atoms with Crippen molar-refractivity contribution in [2.24, 2.45) is 11.8 Å². The van der Waals surface area contributed by atoms with Crippen LogP contribution in [0.3, 0.4) is 0 Å². The first-order chi connectivity index (χ1) is 9.01. The highest BCUT2D eigenvalue weighted by atomic mass is 16.4. The Kier molecular flexibility index (Phi) is 5.55. The van der Waals surface area contributed by atoms with Gasteiger partial charge in [-0.3, -0.25) is 15.1 Å². The van der Waals surface area contributed by atoms with E-state index in [9.17, 15) is 4.79 Å². The number of carbonyl (C=O) groups excluding carboxylic acids is 1. The third kappa shape index (κ3) is 4.09. The molecular weight excluding hydrogens is 244 g/mol. The van der Waals surface area contributed by atoms with Crippen molar-refractivity contribution in [1.82, 2.24) is 10.3 Å². The summed E-state index contributed by atoms with van der Waals surface area (Å²) in [5.41, 5.74) is 2.98. The SMILES string of the molecule is CCN(Cc1cc(C(=O)NN)oc1C)CC(C)C#N. The molecule has 0 fully saturated rings. The highest BCUT2D eigenvalue weighted by Crippen LogP contribution is 2.17. The number of nitriles is 1. The van der Waals surface area contributed by atoms with Gasteiger partial charge in [-0.1, -0.05) is 6.92 Å². The summed E-state index contributed by atoms with van der Waals surface area (Å²) in [7, 11) is 0. The Morgan fingerprint density at radius 3 is 2.89 bits per heavy atom. The van der Waals surface area contributed by atoms with Crippen LogP contribution in [0.4, 0.5) is 0 Å². The lowest BCUT2D eigenvalue weighted by atomic mass is 10.1. The number of amides is 1. The molecule has 0 aliphatic heterocycles. The van der Waals surface area contributed by atoms with Crippen LogP contribution in [-0.2, 0) is 6.54 Å². The number of rotatable bonds is 6. The van der Waals surface area contributed by atoms with Crippen molar-refractivity contribution in [3.8, 4) is 6.07 Å². The number of carbonyl (C=O) groups is 1. The molecule has 0 saturated heterocycles. The lowest BCUT2D eigenvalue weighted by Crippen LogP contribution is -2.29. The van der Waals surface area contributed by atoms with E-state index in [2.05, 4.69) is 11.0 Å². The minimum absolute atomic E-state index is 0.0287. The molecule has 0 aromatic carbocycles. The summed E-state index contributed by atoms with van der Waals surface area (Å²) in [5, 5.41) is 8.85. The van der Waals surface area contributed by atoms with Gasteiger partial charge in [-0.15, -0.1) is 0 Å². The van der Waals surface area contributed by atoms with Gasteiger partial charge in [0.2, 0.25) is 0 Å². The van der Waals surface area contributed by atoms with Gasteiger partial charge in [0.15, 0.2) is 5.76 Å². The molecule has 19 heavy (non-hydrogen) atoms. The summed E-state index contributed by atoms with van der Waals surface area (Å²) in [6, 6.07) is 3.91. The summed E-state index contributed by atoms with van der Waals surface area (Å²) in [6.07, 6.45) is 0. The Morgan fingerprint density at radius 1 is 1.68 bits per heavy atom. The number of nitrogens with zero attached hydrogens (tertiary/aromatic N) is 2. The number of hydrogen-bond acceptors (Lipinski definition) is 5. The van der Waals surface area contributed by atoms with Crippen LogP contribution in [0.2, 0.25) is 0 Å². The molecular formula is C13H20N4O2. The third-order valence-corrected chi connectivity index (χ3v) is 2.97. The number of nitrogens with one attached hydrogen (secondary N) is 1. The number of furan rings is 1. The van der Waals surface area contributed by atoms with E-state index in [4.69, 9.17) is 15.5 Å². The van der Waals surface area contributed by atoms with Crippen LogP contribution in [0.5, 0.6) is 0 Å². The lowest BCUT2D eigenvalue weighted by Gasteiger charge is -2.20. The van der Waals surface area contributed by atoms with Crippen molar-refractivity contribution in [3.05, 3.63) is 23.2 Å². The Bertz CT molecular complexity index is 475. The maximum Gasteiger partial charge on any atom is 0.300 e. The molecule has 0 radical (unpaired) electrons. The molecule has 0 spiro atoms. The Morgan fingerprint density at radius 2 is 2.37 bits per heavy atom. The number of nitrogens with two attached hydrogens (primary N) is 1. The predicted octanol–water partition coefficient (Wildman–Crippen LogP) is 1.17. The highest BCUT2D eigenvalue weighted by molar-refractivity contribution is 5.91. The van der Waals surface area contributed by atoms with Crippen LogP contribution < -0.4 is 11.3 Å². The zero-order chi connectivity index (χ0) is 14.4. The Hall–Kier alpha value is -1.84. The van der Waals surface area contributed by atoms with E-state index in [-0.39, 0.29) is 11.7 Å². The zero-order valence-electron chi connectivity index (χ0n) is 11.6. The van der Waals surface area contributed by atoms with Crippen LogP contribution in [0, 0.1) is 24.2 Å². The van der Waals surface area contributed by atoms with Gasteiger partial charge in [0.05, 0.1) is 12.0 Å². The largest absolute Gasteiger partial charge is 0.456 e. The first kappa shape index (κ1) is 15.2. The highest BCUT2D eigenvalue weighted by Gasteiger charge is 2.16. The minimum Gasteiger partial charge on any atom is -0.456 e. The summed E-state index contributed by atoms with van der Waals surface area (Å²) in [4.78, 5) is 13.5. The first-order valence-electron chi connectivity index (χ1n) is 6.24. The van der Waals surface area contributed by atoms with Gasteiger partial charge in [-0.25, -0.2) is 5.84 Å². The van der Waals surface area contributed by atoms with Crippen LogP contribution in [-0.4, -0.2) is 23.9 Å². The molecule has 104 valence electrons. The number of aryl methyl sites for hydroxylation is 1. The molecule has 0 saturated carbocycles. The van der Waals surface area contributed by atoms with Crippen molar-refractivity contribution < 1.29 is 9.21 Å². The summed E-state index contributed by atoms with van der Waals surface area (Å²) < 4.78 is 5.36. The molecule has 6 heteroatoms. The second-order valence-corrected chi connectivity index (χ2v) is 4.52. The van der Waals surface area contributed by atoms with Gasteiger partial charge in [0, 0.05) is 18.7 Å². The van der Waals surface area contributed by atoms with Crippen molar-refractivity contribution in [1.29, 1.82) is 5.26 Å². The Balaban J connectivity index is 2.77. The number of hydrogen-bond donors (Lipinski definition) is 2. The van der Waals surface area contributed by atoms with Crippen molar-refractivity contribution in [2.75, 3.05) is 13.1 Å². The molecule has 1 unspecified atom stereocenters. The van der Waals surface area contributed by atoms with Crippen molar-refractivity contribution in [3.63, 3.8) is 0 Å². The molecule has 1 atom stereocenters. The fourth-order valence-electron chi connectivity index (χ4n) is 1.83. The molecule has 3 N–H and O–H groups in total. The van der Waals surface area contributed by atoms with E-state index >= 15 is 0 Å². The van der Waals surface area contributed by atoms with Gasteiger partial charge < -0.3 is 4.42 Å². The smallest absolute Gasteiger partial charge is 0.300 e. The average Bonchev–Trinajstić information content (AvgIpc) is 2.78. The van der Waals surface area contributed by atoms with E-state index in [0.717, 1.165) is 12.1 Å². The average molecular weight is 264 g/mol. The maximum absolute atomic E-state index is 11.4. The third-order valence-electron chi connectivity index (χ3n) is 2.97. The molecule has 1 aromatic rings. The monoisotopic (exact) mass is 264 g/mol. The maximum atomic E-state index is 11.4.